The minimum Gasteiger partial charge on any atom is -0.327 e. The molecule has 1 aromatic rings. The van der Waals surface area contributed by atoms with Crippen LogP contribution in [-0.4, -0.2) is 39.4 Å². The lowest BCUT2D eigenvalue weighted by Crippen LogP contribution is -2.43. The van der Waals surface area contributed by atoms with Gasteiger partial charge in [0.05, 0.1) is 11.8 Å². The Balaban J connectivity index is 2.87. The van der Waals surface area contributed by atoms with Crippen LogP contribution in [0.25, 0.3) is 0 Å². The summed E-state index contributed by atoms with van der Waals surface area (Å²) in [5.74, 6) is -0.304. The summed E-state index contributed by atoms with van der Waals surface area (Å²) in [5.41, 5.74) is 0.184. The van der Waals surface area contributed by atoms with Crippen LogP contribution in [0.1, 0.15) is 38.1 Å². The van der Waals surface area contributed by atoms with Gasteiger partial charge in [0, 0.05) is 18.8 Å². The Morgan fingerprint density at radius 1 is 1.35 bits per heavy atom. The molecular weight excluding hydrogens is 271 g/mol. The summed E-state index contributed by atoms with van der Waals surface area (Å²) in [4.78, 5) is 12.9. The van der Waals surface area contributed by atoms with E-state index in [-0.39, 0.29) is 5.56 Å². The fourth-order valence-corrected chi connectivity index (χ4v) is 1.80. The molecular formula is C13H20F3N3O. The minimum absolute atomic E-state index is 0.184. The number of hydrogen-bond donors (Lipinski definition) is 0. The van der Waals surface area contributed by atoms with E-state index in [2.05, 4.69) is 5.10 Å². The molecule has 0 N–H and O–H groups in total. The summed E-state index contributed by atoms with van der Waals surface area (Å²) in [6.45, 7) is 6.47. The van der Waals surface area contributed by atoms with Crippen LogP contribution in [0.2, 0.25) is 0 Å². The summed E-state index contributed by atoms with van der Waals surface area (Å²) in [6.07, 6.45) is -1.60. The first-order valence-corrected chi connectivity index (χ1v) is 6.50. The van der Waals surface area contributed by atoms with Crippen molar-refractivity contribution in [3.8, 4) is 0 Å². The van der Waals surface area contributed by atoms with Gasteiger partial charge in [0.1, 0.15) is 6.54 Å². The first-order valence-electron chi connectivity index (χ1n) is 6.50. The molecule has 0 aromatic carbocycles. The molecule has 114 valence electrons. The van der Waals surface area contributed by atoms with Crippen LogP contribution in [0.4, 0.5) is 13.2 Å². The van der Waals surface area contributed by atoms with Gasteiger partial charge in [-0.25, -0.2) is 0 Å². The Morgan fingerprint density at radius 2 is 1.95 bits per heavy atom. The lowest BCUT2D eigenvalue weighted by molar-refractivity contribution is -0.143. The van der Waals surface area contributed by atoms with E-state index in [0.717, 1.165) is 4.90 Å². The molecule has 0 radical (unpaired) electrons. The van der Waals surface area contributed by atoms with E-state index in [9.17, 15) is 18.0 Å². The van der Waals surface area contributed by atoms with Crippen molar-refractivity contribution in [2.24, 2.45) is 5.92 Å². The largest absolute Gasteiger partial charge is 0.406 e. The summed E-state index contributed by atoms with van der Waals surface area (Å²) in [5, 5.41) is 4.00. The first-order chi connectivity index (χ1) is 9.10. The fourth-order valence-electron chi connectivity index (χ4n) is 1.80. The molecule has 0 saturated carbocycles. The Morgan fingerprint density at radius 3 is 2.40 bits per heavy atom. The van der Waals surface area contributed by atoms with Gasteiger partial charge in [-0.15, -0.1) is 0 Å². The third kappa shape index (κ3) is 4.86. The summed E-state index contributed by atoms with van der Waals surface area (Å²) in [7, 11) is 0. The predicted molar refractivity (Wildman–Crippen MR) is 69.3 cm³/mol. The second kappa shape index (κ2) is 6.28. The van der Waals surface area contributed by atoms with Crippen LogP contribution < -0.4 is 0 Å². The smallest absolute Gasteiger partial charge is 0.327 e. The van der Waals surface area contributed by atoms with Crippen LogP contribution in [0.5, 0.6) is 0 Å². The van der Waals surface area contributed by atoms with E-state index < -0.39 is 24.7 Å². The molecule has 1 heterocycles. The van der Waals surface area contributed by atoms with Crippen molar-refractivity contribution in [2.45, 2.75) is 46.5 Å². The van der Waals surface area contributed by atoms with Crippen LogP contribution >= 0.6 is 0 Å². The molecule has 0 unspecified atom stereocenters. The van der Waals surface area contributed by atoms with Crippen LogP contribution in [0, 0.1) is 5.92 Å². The number of rotatable bonds is 5. The van der Waals surface area contributed by atoms with Crippen LogP contribution in [-0.2, 0) is 6.54 Å². The Labute approximate surface area is 116 Å². The predicted octanol–water partition coefficient (Wildman–Crippen LogP) is 2.95. The van der Waals surface area contributed by atoms with Gasteiger partial charge in [0.25, 0.3) is 5.91 Å². The van der Waals surface area contributed by atoms with Gasteiger partial charge < -0.3 is 4.90 Å². The normalized spacial score (nSPS) is 12.2. The van der Waals surface area contributed by atoms with Gasteiger partial charge in [-0.3, -0.25) is 9.48 Å². The lowest BCUT2D eigenvalue weighted by atomic mass is 10.2. The third-order valence-corrected chi connectivity index (χ3v) is 2.67. The van der Waals surface area contributed by atoms with Crippen molar-refractivity contribution >= 4 is 5.91 Å². The fraction of sp³-hybridized carbons (Fsp3) is 0.692. The highest BCUT2D eigenvalue weighted by Crippen LogP contribution is 2.20. The molecule has 0 aliphatic heterocycles. The molecule has 4 nitrogen and oxygen atoms in total. The molecule has 0 fully saturated rings. The zero-order chi connectivity index (χ0) is 15.5. The maximum Gasteiger partial charge on any atom is 0.406 e. The van der Waals surface area contributed by atoms with E-state index in [1.807, 2.05) is 13.8 Å². The minimum atomic E-state index is -4.41. The number of carbonyl (C=O) groups excluding carboxylic acids is 1. The zero-order valence-electron chi connectivity index (χ0n) is 12.1. The van der Waals surface area contributed by atoms with Crippen molar-refractivity contribution < 1.29 is 18.0 Å². The summed E-state index contributed by atoms with van der Waals surface area (Å²) < 4.78 is 39.1. The number of halogens is 3. The Hall–Kier alpha value is -1.53. The molecule has 0 saturated heterocycles. The zero-order valence-corrected chi connectivity index (χ0v) is 12.1. The molecule has 0 spiro atoms. The Kier molecular flexibility index (Phi) is 5.19. The molecule has 1 rings (SSSR count). The molecule has 1 aromatic heterocycles. The first kappa shape index (κ1) is 16.5. The number of carbonyl (C=O) groups is 1. The SMILES string of the molecule is CC(C)Cn1cc(C(=O)N(CC(F)(F)F)C(C)C)cn1. The van der Waals surface area contributed by atoms with Crippen LogP contribution in [0.15, 0.2) is 12.4 Å². The second-order valence-corrected chi connectivity index (χ2v) is 5.49. The number of alkyl halides is 3. The average Bonchev–Trinajstić information content (AvgIpc) is 2.71. The molecule has 20 heavy (non-hydrogen) atoms. The van der Waals surface area contributed by atoms with Crippen molar-refractivity contribution in [1.82, 2.24) is 14.7 Å². The van der Waals surface area contributed by atoms with Crippen molar-refractivity contribution in [2.75, 3.05) is 6.54 Å². The topological polar surface area (TPSA) is 38.1 Å². The highest BCUT2D eigenvalue weighted by atomic mass is 19.4. The number of hydrogen-bond acceptors (Lipinski definition) is 2. The highest BCUT2D eigenvalue weighted by molar-refractivity contribution is 5.94. The lowest BCUT2D eigenvalue weighted by Gasteiger charge is -2.27. The molecule has 7 heteroatoms. The van der Waals surface area contributed by atoms with Gasteiger partial charge in [0.2, 0.25) is 0 Å². The average molecular weight is 291 g/mol. The molecule has 0 aliphatic rings. The molecule has 0 bridgehead atoms. The van der Waals surface area contributed by atoms with E-state index in [1.54, 1.807) is 18.5 Å². The van der Waals surface area contributed by atoms with Crippen LogP contribution in [0.3, 0.4) is 0 Å². The summed E-state index contributed by atoms with van der Waals surface area (Å²) in [6, 6.07) is -0.530. The maximum absolute atomic E-state index is 12.5. The quantitative estimate of drug-likeness (QED) is 0.836. The highest BCUT2D eigenvalue weighted by Gasteiger charge is 2.34. The van der Waals surface area contributed by atoms with Crippen molar-refractivity contribution in [3.05, 3.63) is 18.0 Å². The standard InChI is InChI=1S/C13H20F3N3O/c1-9(2)6-18-7-11(5-17-18)12(20)19(10(3)4)8-13(14,15)16/h5,7,9-10H,6,8H2,1-4H3. The van der Waals surface area contributed by atoms with E-state index in [4.69, 9.17) is 0 Å². The van der Waals surface area contributed by atoms with Gasteiger partial charge in [-0.2, -0.15) is 18.3 Å². The van der Waals surface area contributed by atoms with E-state index in [1.165, 1.54) is 12.4 Å². The van der Waals surface area contributed by atoms with E-state index in [0.29, 0.717) is 12.5 Å². The maximum atomic E-state index is 12.5. The number of amides is 1. The molecule has 0 atom stereocenters. The van der Waals surface area contributed by atoms with E-state index >= 15 is 0 Å². The summed E-state index contributed by atoms with van der Waals surface area (Å²) >= 11 is 0. The van der Waals surface area contributed by atoms with Gasteiger partial charge in [0.15, 0.2) is 0 Å². The third-order valence-electron chi connectivity index (χ3n) is 2.67. The number of nitrogens with zero attached hydrogens (tertiary/aromatic N) is 3. The van der Waals surface area contributed by atoms with Crippen molar-refractivity contribution in [1.29, 1.82) is 0 Å². The van der Waals surface area contributed by atoms with Gasteiger partial charge in [-0.1, -0.05) is 13.8 Å². The van der Waals surface area contributed by atoms with Crippen molar-refractivity contribution in [3.63, 3.8) is 0 Å². The monoisotopic (exact) mass is 291 g/mol. The van der Waals surface area contributed by atoms with Gasteiger partial charge in [-0.05, 0) is 19.8 Å². The Bertz CT molecular complexity index is 452. The second-order valence-electron chi connectivity index (χ2n) is 5.49. The number of aromatic nitrogens is 2. The molecule has 0 aliphatic carbocycles. The molecule has 1 amide bonds. The van der Waals surface area contributed by atoms with Gasteiger partial charge >= 0.3 is 6.18 Å².